The molecule has 1 unspecified atom stereocenters. The van der Waals surface area contributed by atoms with E-state index >= 15 is 0 Å². The topological polar surface area (TPSA) is 66.2 Å². The van der Waals surface area contributed by atoms with Crippen LogP contribution in [0.5, 0.6) is 0 Å². The first-order valence-electron chi connectivity index (χ1n) is 5.68. The molecule has 0 saturated carbocycles. The Morgan fingerprint density at radius 3 is 3.00 bits per heavy atom. The average molecular weight is 247 g/mol. The number of pyridine rings is 1. The van der Waals surface area contributed by atoms with Gasteiger partial charge in [-0.1, -0.05) is 13.0 Å². The van der Waals surface area contributed by atoms with E-state index in [1.807, 2.05) is 24.9 Å². The highest BCUT2D eigenvalue weighted by molar-refractivity contribution is 5.72. The number of rotatable bonds is 5. The molecule has 1 aromatic heterocycles. The van der Waals surface area contributed by atoms with Crippen molar-refractivity contribution in [1.82, 2.24) is 9.88 Å². The number of aromatic nitrogens is 1. The van der Waals surface area contributed by atoms with Crippen LogP contribution in [-0.4, -0.2) is 36.6 Å². The molecule has 18 heavy (non-hydrogen) atoms. The maximum absolute atomic E-state index is 11.3. The quantitative estimate of drug-likeness (QED) is 0.731. The molecule has 5 nitrogen and oxygen atoms in total. The van der Waals surface area contributed by atoms with Crippen molar-refractivity contribution in [2.24, 2.45) is 5.92 Å². The summed E-state index contributed by atoms with van der Waals surface area (Å²) in [6.07, 6.45) is 1.60. The number of hydrogen-bond acceptors (Lipinski definition) is 5. The summed E-state index contributed by atoms with van der Waals surface area (Å²) in [5.41, 5.74) is 1.29. The first-order valence-corrected chi connectivity index (χ1v) is 5.68. The lowest BCUT2D eigenvalue weighted by atomic mass is 10.1. The number of carbonyl (C=O) groups excluding carboxylic acids is 1. The van der Waals surface area contributed by atoms with Gasteiger partial charge in [-0.15, -0.1) is 0 Å². The molecule has 0 N–H and O–H groups in total. The fourth-order valence-electron chi connectivity index (χ4n) is 1.77. The Hall–Kier alpha value is -1.93. The van der Waals surface area contributed by atoms with Crippen LogP contribution in [-0.2, 0) is 16.1 Å². The van der Waals surface area contributed by atoms with Crippen molar-refractivity contribution >= 4 is 5.97 Å². The molecular formula is C13H17N3O2. The summed E-state index contributed by atoms with van der Waals surface area (Å²) in [6, 6.07) is 5.72. The molecule has 0 aromatic carbocycles. The minimum atomic E-state index is -0.228. The molecule has 5 heteroatoms. The summed E-state index contributed by atoms with van der Waals surface area (Å²) >= 11 is 0. The third kappa shape index (κ3) is 3.82. The van der Waals surface area contributed by atoms with Gasteiger partial charge in [-0.2, -0.15) is 5.26 Å². The standard InChI is InChI=1S/C13H17N3O2/c1-10(13(17)18-3)8-16(2)9-11-5-4-6-15-12(11)7-14/h4-6,10H,8-9H2,1-3H3. The molecule has 96 valence electrons. The zero-order valence-corrected chi connectivity index (χ0v) is 10.9. The lowest BCUT2D eigenvalue weighted by Gasteiger charge is -2.20. The van der Waals surface area contributed by atoms with Gasteiger partial charge in [-0.05, 0) is 13.1 Å². The van der Waals surface area contributed by atoms with Crippen LogP contribution in [0, 0.1) is 17.2 Å². The second-order valence-electron chi connectivity index (χ2n) is 4.24. The highest BCUT2D eigenvalue weighted by Crippen LogP contribution is 2.09. The molecule has 0 aliphatic carbocycles. The Labute approximate surface area is 107 Å². The number of hydrogen-bond donors (Lipinski definition) is 0. The maximum Gasteiger partial charge on any atom is 0.309 e. The molecule has 1 heterocycles. The normalized spacial score (nSPS) is 11.9. The molecule has 0 saturated heterocycles. The van der Waals surface area contributed by atoms with E-state index in [1.54, 1.807) is 12.3 Å². The van der Waals surface area contributed by atoms with E-state index in [9.17, 15) is 4.79 Å². The van der Waals surface area contributed by atoms with Gasteiger partial charge in [0.25, 0.3) is 0 Å². The van der Waals surface area contributed by atoms with E-state index < -0.39 is 0 Å². The van der Waals surface area contributed by atoms with E-state index in [-0.39, 0.29) is 11.9 Å². The van der Waals surface area contributed by atoms with Gasteiger partial charge >= 0.3 is 5.97 Å². The van der Waals surface area contributed by atoms with Crippen molar-refractivity contribution in [3.05, 3.63) is 29.6 Å². The Bertz CT molecular complexity index is 454. The Morgan fingerprint density at radius 2 is 2.39 bits per heavy atom. The highest BCUT2D eigenvalue weighted by Gasteiger charge is 2.16. The SMILES string of the molecule is COC(=O)C(C)CN(C)Cc1cccnc1C#N. The van der Waals surface area contributed by atoms with E-state index in [0.29, 0.717) is 18.8 Å². The zero-order valence-electron chi connectivity index (χ0n) is 10.9. The lowest BCUT2D eigenvalue weighted by molar-refractivity contribution is -0.145. The summed E-state index contributed by atoms with van der Waals surface area (Å²) in [5, 5.41) is 8.93. The Balaban J connectivity index is 2.62. The second-order valence-corrected chi connectivity index (χ2v) is 4.24. The molecular weight excluding hydrogens is 230 g/mol. The fourth-order valence-corrected chi connectivity index (χ4v) is 1.77. The number of carbonyl (C=O) groups is 1. The van der Waals surface area contributed by atoms with Crippen molar-refractivity contribution in [3.8, 4) is 6.07 Å². The predicted octanol–water partition coefficient (Wildman–Crippen LogP) is 1.19. The molecule has 0 bridgehead atoms. The summed E-state index contributed by atoms with van der Waals surface area (Å²) in [7, 11) is 3.28. The molecule has 1 aromatic rings. The minimum Gasteiger partial charge on any atom is -0.469 e. The number of nitriles is 1. The number of methoxy groups -OCH3 is 1. The van der Waals surface area contributed by atoms with Crippen LogP contribution in [0.15, 0.2) is 18.3 Å². The first kappa shape index (κ1) is 14.1. The summed E-state index contributed by atoms with van der Waals surface area (Å²) in [5.74, 6) is -0.421. The van der Waals surface area contributed by atoms with Gasteiger partial charge in [0, 0.05) is 24.8 Å². The summed E-state index contributed by atoms with van der Waals surface area (Å²) in [6.45, 7) is 2.97. The highest BCUT2D eigenvalue weighted by atomic mass is 16.5. The van der Waals surface area contributed by atoms with Gasteiger partial charge in [0.2, 0.25) is 0 Å². The van der Waals surface area contributed by atoms with Crippen LogP contribution in [0.4, 0.5) is 0 Å². The van der Waals surface area contributed by atoms with E-state index in [0.717, 1.165) is 5.56 Å². The number of nitrogens with zero attached hydrogens (tertiary/aromatic N) is 3. The largest absolute Gasteiger partial charge is 0.469 e. The van der Waals surface area contributed by atoms with Crippen LogP contribution in [0.2, 0.25) is 0 Å². The van der Waals surface area contributed by atoms with Crippen molar-refractivity contribution in [2.45, 2.75) is 13.5 Å². The van der Waals surface area contributed by atoms with Crippen molar-refractivity contribution in [1.29, 1.82) is 5.26 Å². The van der Waals surface area contributed by atoms with Crippen LogP contribution < -0.4 is 0 Å². The molecule has 0 amide bonds. The van der Waals surface area contributed by atoms with Crippen LogP contribution >= 0.6 is 0 Å². The van der Waals surface area contributed by atoms with Gasteiger partial charge in [-0.3, -0.25) is 4.79 Å². The van der Waals surface area contributed by atoms with Crippen LogP contribution in [0.3, 0.4) is 0 Å². The Kier molecular flexibility index (Phi) is 5.28. The number of ether oxygens (including phenoxy) is 1. The van der Waals surface area contributed by atoms with Crippen LogP contribution in [0.1, 0.15) is 18.2 Å². The fraction of sp³-hybridized carbons (Fsp3) is 0.462. The van der Waals surface area contributed by atoms with E-state index in [1.165, 1.54) is 7.11 Å². The van der Waals surface area contributed by atoms with Gasteiger partial charge in [-0.25, -0.2) is 4.98 Å². The van der Waals surface area contributed by atoms with Gasteiger partial charge in [0.15, 0.2) is 0 Å². The molecule has 1 rings (SSSR count). The number of esters is 1. The third-order valence-electron chi connectivity index (χ3n) is 2.63. The minimum absolute atomic E-state index is 0.192. The Morgan fingerprint density at radius 1 is 1.67 bits per heavy atom. The van der Waals surface area contributed by atoms with Crippen molar-refractivity contribution in [3.63, 3.8) is 0 Å². The molecule has 0 radical (unpaired) electrons. The molecule has 0 aliphatic rings. The van der Waals surface area contributed by atoms with Crippen molar-refractivity contribution in [2.75, 3.05) is 20.7 Å². The molecule has 0 fully saturated rings. The van der Waals surface area contributed by atoms with E-state index in [2.05, 4.69) is 15.8 Å². The zero-order chi connectivity index (χ0) is 13.5. The third-order valence-corrected chi connectivity index (χ3v) is 2.63. The molecule has 0 aliphatic heterocycles. The second kappa shape index (κ2) is 6.72. The smallest absolute Gasteiger partial charge is 0.309 e. The van der Waals surface area contributed by atoms with Gasteiger partial charge in [0.1, 0.15) is 11.8 Å². The average Bonchev–Trinajstić information content (AvgIpc) is 2.38. The monoisotopic (exact) mass is 247 g/mol. The van der Waals surface area contributed by atoms with Crippen LogP contribution in [0.25, 0.3) is 0 Å². The van der Waals surface area contributed by atoms with Gasteiger partial charge in [0.05, 0.1) is 13.0 Å². The van der Waals surface area contributed by atoms with Crippen molar-refractivity contribution < 1.29 is 9.53 Å². The maximum atomic E-state index is 11.3. The molecule has 0 spiro atoms. The van der Waals surface area contributed by atoms with Gasteiger partial charge < -0.3 is 9.64 Å². The summed E-state index contributed by atoms with van der Waals surface area (Å²) < 4.78 is 4.68. The first-order chi connectivity index (χ1) is 8.58. The summed E-state index contributed by atoms with van der Waals surface area (Å²) in [4.78, 5) is 17.3. The predicted molar refractivity (Wildman–Crippen MR) is 66.5 cm³/mol. The van der Waals surface area contributed by atoms with E-state index in [4.69, 9.17) is 5.26 Å². The molecule has 1 atom stereocenters. The lowest BCUT2D eigenvalue weighted by Crippen LogP contribution is -2.29.